The number of fused-ring (bicyclic) bond motifs is 3. The summed E-state index contributed by atoms with van der Waals surface area (Å²) in [4.78, 5) is 8.55. The van der Waals surface area contributed by atoms with Gasteiger partial charge in [0.1, 0.15) is 10.5 Å². The number of aliphatic hydroxyl groups is 1. The van der Waals surface area contributed by atoms with Crippen molar-refractivity contribution in [3.8, 4) is 0 Å². The number of hydrogen-bond donors (Lipinski definition) is 2. The molecule has 0 amide bonds. The summed E-state index contributed by atoms with van der Waals surface area (Å²) in [6, 6.07) is 7.79. The van der Waals surface area contributed by atoms with Crippen LogP contribution < -0.4 is 5.73 Å². The van der Waals surface area contributed by atoms with Crippen LogP contribution in [-0.2, 0) is 6.61 Å². The van der Waals surface area contributed by atoms with Crippen LogP contribution in [-0.4, -0.2) is 15.1 Å². The van der Waals surface area contributed by atoms with Crippen molar-refractivity contribution in [2.24, 2.45) is 0 Å². The van der Waals surface area contributed by atoms with Crippen LogP contribution in [0.1, 0.15) is 18.9 Å². The third-order valence-corrected chi connectivity index (χ3v) is 3.51. The molecule has 0 fully saturated rings. The zero-order chi connectivity index (χ0) is 13.1. The highest BCUT2D eigenvalue weighted by molar-refractivity contribution is 7.19. The topological polar surface area (TPSA) is 72.0 Å². The van der Waals surface area contributed by atoms with Crippen LogP contribution in [0, 0.1) is 0 Å². The molecule has 0 unspecified atom stereocenters. The molecular weight excluding hydrogens is 246 g/mol. The van der Waals surface area contributed by atoms with E-state index in [-0.39, 0.29) is 6.61 Å². The number of thiazole rings is 1. The van der Waals surface area contributed by atoms with Crippen molar-refractivity contribution in [1.82, 2.24) is 9.97 Å². The van der Waals surface area contributed by atoms with Crippen LogP contribution in [0.25, 0.3) is 21.1 Å². The predicted octanol–water partition coefficient (Wildman–Crippen LogP) is 2.95. The minimum Gasteiger partial charge on any atom is -0.389 e. The van der Waals surface area contributed by atoms with E-state index in [9.17, 15) is 0 Å². The van der Waals surface area contributed by atoms with E-state index in [0.29, 0.717) is 16.3 Å². The number of aromatic nitrogens is 2. The van der Waals surface area contributed by atoms with Crippen molar-refractivity contribution in [2.45, 2.75) is 20.5 Å². The smallest absolute Gasteiger partial charge is 0.151 e. The maximum atomic E-state index is 9.09. The third-order valence-electron chi connectivity index (χ3n) is 2.44. The van der Waals surface area contributed by atoms with Crippen LogP contribution in [0.4, 0.5) is 5.82 Å². The van der Waals surface area contributed by atoms with Crippen LogP contribution in [0.3, 0.4) is 0 Å². The Morgan fingerprint density at radius 1 is 1.22 bits per heavy atom. The van der Waals surface area contributed by atoms with E-state index >= 15 is 0 Å². The Hall–Kier alpha value is -1.72. The summed E-state index contributed by atoms with van der Waals surface area (Å²) in [7, 11) is 0. The molecule has 18 heavy (non-hydrogen) atoms. The lowest BCUT2D eigenvalue weighted by atomic mass is 10.2. The molecule has 0 spiro atoms. The molecule has 4 nitrogen and oxygen atoms in total. The average Bonchev–Trinajstić information content (AvgIpc) is 2.86. The molecule has 2 heterocycles. The number of pyridine rings is 1. The number of aliphatic hydroxyl groups excluding tert-OH is 1. The molecule has 0 saturated heterocycles. The van der Waals surface area contributed by atoms with Crippen LogP contribution in [0.2, 0.25) is 0 Å². The molecule has 0 bridgehead atoms. The first-order valence-corrected chi connectivity index (χ1v) is 6.65. The molecule has 3 aromatic rings. The number of nitrogen functional groups attached to an aromatic ring is 1. The first-order chi connectivity index (χ1) is 8.79. The summed E-state index contributed by atoms with van der Waals surface area (Å²) in [5.41, 5.74) is 7.39. The molecular formula is C13H15N3OS. The molecule has 94 valence electrons. The van der Waals surface area contributed by atoms with E-state index in [2.05, 4.69) is 9.97 Å². The van der Waals surface area contributed by atoms with Gasteiger partial charge in [-0.25, -0.2) is 9.97 Å². The Balaban J connectivity index is 0.000000574. The highest BCUT2D eigenvalue weighted by Gasteiger charge is 2.11. The second-order valence-corrected chi connectivity index (χ2v) is 4.54. The monoisotopic (exact) mass is 261 g/mol. The molecule has 0 aliphatic carbocycles. The fraction of sp³-hybridized carbons (Fsp3) is 0.231. The number of nitrogens with two attached hydrogens (primary N) is 1. The summed E-state index contributed by atoms with van der Waals surface area (Å²) >= 11 is 1.46. The Morgan fingerprint density at radius 2 is 1.94 bits per heavy atom. The van der Waals surface area contributed by atoms with Gasteiger partial charge >= 0.3 is 0 Å². The van der Waals surface area contributed by atoms with Gasteiger partial charge in [0.25, 0.3) is 0 Å². The summed E-state index contributed by atoms with van der Waals surface area (Å²) in [5.74, 6) is 0.421. The lowest BCUT2D eigenvalue weighted by molar-refractivity contribution is 0.281. The number of rotatable bonds is 1. The van der Waals surface area contributed by atoms with Crippen LogP contribution in [0.15, 0.2) is 24.3 Å². The van der Waals surface area contributed by atoms with E-state index < -0.39 is 0 Å². The normalized spacial score (nSPS) is 10.4. The van der Waals surface area contributed by atoms with Crippen LogP contribution >= 0.6 is 11.3 Å². The van der Waals surface area contributed by atoms with Crippen LogP contribution in [0.5, 0.6) is 0 Å². The average molecular weight is 261 g/mol. The molecule has 0 radical (unpaired) electrons. The molecule has 0 aliphatic heterocycles. The zero-order valence-electron chi connectivity index (χ0n) is 10.3. The van der Waals surface area contributed by atoms with Crippen molar-refractivity contribution < 1.29 is 5.11 Å². The highest BCUT2D eigenvalue weighted by atomic mass is 32.1. The summed E-state index contributed by atoms with van der Waals surface area (Å²) in [6.07, 6.45) is 0. The van der Waals surface area contributed by atoms with E-state index in [1.165, 1.54) is 11.3 Å². The molecule has 3 rings (SSSR count). The van der Waals surface area contributed by atoms with E-state index in [0.717, 1.165) is 15.6 Å². The lowest BCUT2D eigenvalue weighted by Crippen LogP contribution is -1.92. The van der Waals surface area contributed by atoms with Gasteiger partial charge in [0, 0.05) is 5.39 Å². The molecule has 0 aliphatic rings. The van der Waals surface area contributed by atoms with Gasteiger partial charge < -0.3 is 10.8 Å². The van der Waals surface area contributed by atoms with Gasteiger partial charge in [0.2, 0.25) is 0 Å². The van der Waals surface area contributed by atoms with Crippen molar-refractivity contribution >= 4 is 38.3 Å². The highest BCUT2D eigenvalue weighted by Crippen LogP contribution is 2.32. The Labute approximate surface area is 109 Å². The molecule has 1 aromatic carbocycles. The van der Waals surface area contributed by atoms with Crippen molar-refractivity contribution in [3.05, 3.63) is 29.3 Å². The number of nitrogens with zero attached hydrogens (tertiary/aromatic N) is 2. The second-order valence-electron chi connectivity index (χ2n) is 3.46. The number of para-hydroxylation sites is 1. The molecule has 0 saturated carbocycles. The first kappa shape index (κ1) is 12.7. The Bertz CT molecular complexity index is 678. The second kappa shape index (κ2) is 5.29. The SMILES string of the molecule is CC.Nc1nc2ccccc2c2sc(CO)nc12. The maximum absolute atomic E-state index is 9.09. The van der Waals surface area contributed by atoms with E-state index in [4.69, 9.17) is 10.8 Å². The van der Waals surface area contributed by atoms with Gasteiger partial charge in [-0.05, 0) is 6.07 Å². The van der Waals surface area contributed by atoms with Crippen molar-refractivity contribution in [2.75, 3.05) is 5.73 Å². The predicted molar refractivity (Wildman–Crippen MR) is 76.6 cm³/mol. The molecule has 5 heteroatoms. The third kappa shape index (κ3) is 2.02. The summed E-state index contributed by atoms with van der Waals surface area (Å²) < 4.78 is 0.993. The maximum Gasteiger partial charge on any atom is 0.151 e. The minimum absolute atomic E-state index is 0.0624. The van der Waals surface area contributed by atoms with Gasteiger partial charge in [-0.3, -0.25) is 0 Å². The zero-order valence-corrected chi connectivity index (χ0v) is 11.2. The van der Waals surface area contributed by atoms with Crippen molar-refractivity contribution in [3.63, 3.8) is 0 Å². The Kier molecular flexibility index (Phi) is 3.74. The number of benzene rings is 1. The van der Waals surface area contributed by atoms with Gasteiger partial charge in [-0.15, -0.1) is 11.3 Å². The largest absolute Gasteiger partial charge is 0.389 e. The summed E-state index contributed by atoms with van der Waals surface area (Å²) in [6.45, 7) is 3.94. The van der Waals surface area contributed by atoms with Gasteiger partial charge in [0.15, 0.2) is 5.82 Å². The van der Waals surface area contributed by atoms with Gasteiger partial charge in [-0.1, -0.05) is 32.0 Å². The van der Waals surface area contributed by atoms with Crippen molar-refractivity contribution in [1.29, 1.82) is 0 Å². The quantitative estimate of drug-likeness (QED) is 0.706. The number of anilines is 1. The number of hydrogen-bond acceptors (Lipinski definition) is 5. The standard InChI is InChI=1S/C11H9N3OS.C2H6/c12-11-9-10(16-8(5-15)14-9)6-3-1-2-4-7(6)13-11;1-2/h1-4,15H,5H2,(H2,12,13);1-2H3. The fourth-order valence-corrected chi connectivity index (χ4v) is 2.70. The first-order valence-electron chi connectivity index (χ1n) is 5.84. The summed E-state index contributed by atoms with van der Waals surface area (Å²) in [5, 5.41) is 10.8. The van der Waals surface area contributed by atoms with E-state index in [1.54, 1.807) is 0 Å². The fourth-order valence-electron chi connectivity index (χ4n) is 1.73. The molecule has 2 aromatic heterocycles. The van der Waals surface area contributed by atoms with Gasteiger partial charge in [0.05, 0.1) is 16.8 Å². The van der Waals surface area contributed by atoms with E-state index in [1.807, 2.05) is 38.1 Å². The lowest BCUT2D eigenvalue weighted by Gasteiger charge is -1.99. The molecule has 3 N–H and O–H groups in total. The van der Waals surface area contributed by atoms with Gasteiger partial charge in [-0.2, -0.15) is 0 Å². The Morgan fingerprint density at radius 3 is 2.67 bits per heavy atom. The minimum atomic E-state index is -0.0624. The molecule has 0 atom stereocenters.